The van der Waals surface area contributed by atoms with Crippen molar-refractivity contribution in [2.75, 3.05) is 5.73 Å². The van der Waals surface area contributed by atoms with Crippen LogP contribution in [0.15, 0.2) is 66.9 Å². The average molecular weight is 297 g/mol. The van der Waals surface area contributed by atoms with Crippen LogP contribution in [0.5, 0.6) is 11.5 Å². The Bertz CT molecular complexity index is 742. The Morgan fingerprint density at radius 3 is 2.38 bits per heavy atom. The van der Waals surface area contributed by atoms with Gasteiger partial charge in [0.05, 0.1) is 11.2 Å². The maximum absolute atomic E-state index is 6.29. The van der Waals surface area contributed by atoms with Gasteiger partial charge in [-0.25, -0.2) is 4.98 Å². The van der Waals surface area contributed by atoms with Crippen molar-refractivity contribution in [1.29, 1.82) is 0 Å². The SMILES string of the molecule is Nc1ccc(Oc2ccc(-c3ccccc3)cc2Cl)cn1. The molecule has 2 N–H and O–H groups in total. The molecule has 2 aromatic carbocycles. The molecule has 0 aliphatic heterocycles. The molecular formula is C17H13ClN2O. The molecule has 0 radical (unpaired) electrons. The normalized spacial score (nSPS) is 10.3. The second-order valence-electron chi connectivity index (χ2n) is 4.53. The van der Waals surface area contributed by atoms with Gasteiger partial charge in [-0.3, -0.25) is 0 Å². The summed E-state index contributed by atoms with van der Waals surface area (Å²) in [5.74, 6) is 1.63. The van der Waals surface area contributed by atoms with E-state index in [0.717, 1.165) is 11.1 Å². The van der Waals surface area contributed by atoms with Crippen molar-refractivity contribution in [3.63, 3.8) is 0 Å². The van der Waals surface area contributed by atoms with Crippen molar-refractivity contribution in [2.24, 2.45) is 0 Å². The van der Waals surface area contributed by atoms with Crippen LogP contribution in [0.25, 0.3) is 11.1 Å². The van der Waals surface area contributed by atoms with Gasteiger partial charge < -0.3 is 10.5 Å². The van der Waals surface area contributed by atoms with Gasteiger partial charge in [0.2, 0.25) is 0 Å². The van der Waals surface area contributed by atoms with E-state index in [-0.39, 0.29) is 0 Å². The Hall–Kier alpha value is -2.52. The minimum Gasteiger partial charge on any atom is -0.454 e. The van der Waals surface area contributed by atoms with Crippen LogP contribution in [0.3, 0.4) is 0 Å². The largest absolute Gasteiger partial charge is 0.454 e. The minimum atomic E-state index is 0.452. The highest BCUT2D eigenvalue weighted by Gasteiger charge is 2.06. The van der Waals surface area contributed by atoms with Crippen LogP contribution in [0.2, 0.25) is 5.02 Å². The fourth-order valence-electron chi connectivity index (χ4n) is 1.97. The van der Waals surface area contributed by atoms with E-state index >= 15 is 0 Å². The molecule has 0 aliphatic rings. The summed E-state index contributed by atoms with van der Waals surface area (Å²) in [6.07, 6.45) is 1.57. The quantitative estimate of drug-likeness (QED) is 0.757. The summed E-state index contributed by atoms with van der Waals surface area (Å²) in [7, 11) is 0. The molecule has 0 atom stereocenters. The molecule has 104 valence electrons. The molecule has 0 fully saturated rings. The number of hydrogen-bond acceptors (Lipinski definition) is 3. The smallest absolute Gasteiger partial charge is 0.146 e. The number of nitrogen functional groups attached to an aromatic ring is 1. The lowest BCUT2D eigenvalue weighted by atomic mass is 10.1. The highest BCUT2D eigenvalue weighted by atomic mass is 35.5. The monoisotopic (exact) mass is 296 g/mol. The third kappa shape index (κ3) is 3.15. The molecule has 3 nitrogen and oxygen atoms in total. The summed E-state index contributed by atoms with van der Waals surface area (Å²) >= 11 is 6.29. The van der Waals surface area contributed by atoms with Crippen molar-refractivity contribution in [2.45, 2.75) is 0 Å². The van der Waals surface area contributed by atoms with Gasteiger partial charge in [0.1, 0.15) is 17.3 Å². The second-order valence-corrected chi connectivity index (χ2v) is 4.94. The van der Waals surface area contributed by atoms with Crippen LogP contribution in [-0.4, -0.2) is 4.98 Å². The molecule has 0 amide bonds. The predicted molar refractivity (Wildman–Crippen MR) is 85.6 cm³/mol. The van der Waals surface area contributed by atoms with Crippen LogP contribution < -0.4 is 10.5 Å². The van der Waals surface area contributed by atoms with E-state index in [2.05, 4.69) is 4.98 Å². The van der Waals surface area contributed by atoms with Gasteiger partial charge >= 0.3 is 0 Å². The van der Waals surface area contributed by atoms with Gasteiger partial charge in [-0.15, -0.1) is 0 Å². The summed E-state index contributed by atoms with van der Waals surface area (Å²) in [5.41, 5.74) is 7.70. The Balaban J connectivity index is 1.86. The number of rotatable bonds is 3. The first-order valence-corrected chi connectivity index (χ1v) is 6.84. The fourth-order valence-corrected chi connectivity index (χ4v) is 2.19. The molecule has 3 rings (SSSR count). The first-order chi connectivity index (χ1) is 10.2. The summed E-state index contributed by atoms with van der Waals surface area (Å²) in [5, 5.41) is 0.549. The molecular weight excluding hydrogens is 284 g/mol. The van der Waals surface area contributed by atoms with Crippen molar-refractivity contribution in [3.8, 4) is 22.6 Å². The maximum atomic E-state index is 6.29. The third-order valence-corrected chi connectivity index (χ3v) is 3.32. The van der Waals surface area contributed by atoms with Gasteiger partial charge in [0, 0.05) is 0 Å². The van der Waals surface area contributed by atoms with E-state index in [9.17, 15) is 0 Å². The Morgan fingerprint density at radius 1 is 0.905 bits per heavy atom. The fraction of sp³-hybridized carbons (Fsp3) is 0. The molecule has 1 aromatic heterocycles. The van der Waals surface area contributed by atoms with Crippen LogP contribution in [0, 0.1) is 0 Å². The molecule has 1 heterocycles. The molecule has 4 heteroatoms. The molecule has 0 bridgehead atoms. The van der Waals surface area contributed by atoms with Crippen molar-refractivity contribution in [3.05, 3.63) is 71.9 Å². The number of halogens is 1. The van der Waals surface area contributed by atoms with E-state index in [1.54, 1.807) is 18.3 Å². The van der Waals surface area contributed by atoms with Gasteiger partial charge in [0.15, 0.2) is 0 Å². The van der Waals surface area contributed by atoms with E-state index in [1.165, 1.54) is 0 Å². The summed E-state index contributed by atoms with van der Waals surface area (Å²) in [6.45, 7) is 0. The Kier molecular flexibility index (Phi) is 3.75. The summed E-state index contributed by atoms with van der Waals surface area (Å²) < 4.78 is 5.70. The standard InChI is InChI=1S/C17H13ClN2O/c18-15-10-13(12-4-2-1-3-5-12)6-8-16(15)21-14-7-9-17(19)20-11-14/h1-11H,(H2,19,20). The minimum absolute atomic E-state index is 0.452. The maximum Gasteiger partial charge on any atom is 0.146 e. The Labute approximate surface area is 128 Å². The molecule has 0 saturated carbocycles. The summed E-state index contributed by atoms with van der Waals surface area (Å²) in [6, 6.07) is 19.2. The van der Waals surface area contributed by atoms with Gasteiger partial charge in [-0.2, -0.15) is 0 Å². The van der Waals surface area contributed by atoms with Crippen LogP contribution in [0.1, 0.15) is 0 Å². The molecule has 0 aliphatic carbocycles. The predicted octanol–water partition coefficient (Wildman–Crippen LogP) is 4.78. The zero-order valence-electron chi connectivity index (χ0n) is 11.2. The number of nitrogens with two attached hydrogens (primary N) is 1. The van der Waals surface area contributed by atoms with Crippen molar-refractivity contribution in [1.82, 2.24) is 4.98 Å². The first kappa shape index (κ1) is 13.5. The van der Waals surface area contributed by atoms with Crippen molar-refractivity contribution < 1.29 is 4.74 Å². The van der Waals surface area contributed by atoms with E-state index in [1.807, 2.05) is 48.5 Å². The van der Waals surface area contributed by atoms with Crippen LogP contribution in [0.4, 0.5) is 5.82 Å². The average Bonchev–Trinajstić information content (AvgIpc) is 2.52. The highest BCUT2D eigenvalue weighted by Crippen LogP contribution is 2.33. The molecule has 0 spiro atoms. The lowest BCUT2D eigenvalue weighted by Crippen LogP contribution is -1.91. The van der Waals surface area contributed by atoms with Crippen LogP contribution in [-0.2, 0) is 0 Å². The second kappa shape index (κ2) is 5.85. The number of nitrogens with zero attached hydrogens (tertiary/aromatic N) is 1. The van der Waals surface area contributed by atoms with Crippen LogP contribution >= 0.6 is 11.6 Å². The number of hydrogen-bond donors (Lipinski definition) is 1. The first-order valence-electron chi connectivity index (χ1n) is 6.47. The third-order valence-electron chi connectivity index (χ3n) is 3.03. The summed E-state index contributed by atoms with van der Waals surface area (Å²) in [4.78, 5) is 3.98. The van der Waals surface area contributed by atoms with E-state index < -0.39 is 0 Å². The zero-order valence-corrected chi connectivity index (χ0v) is 11.9. The number of benzene rings is 2. The van der Waals surface area contributed by atoms with Gasteiger partial charge in [-0.05, 0) is 35.4 Å². The van der Waals surface area contributed by atoms with Gasteiger partial charge in [-0.1, -0.05) is 48.0 Å². The highest BCUT2D eigenvalue weighted by molar-refractivity contribution is 6.32. The van der Waals surface area contributed by atoms with E-state index in [4.69, 9.17) is 22.1 Å². The zero-order chi connectivity index (χ0) is 14.7. The van der Waals surface area contributed by atoms with E-state index in [0.29, 0.717) is 22.3 Å². The Morgan fingerprint density at radius 2 is 1.71 bits per heavy atom. The number of pyridine rings is 1. The molecule has 3 aromatic rings. The molecule has 0 unspecified atom stereocenters. The number of ether oxygens (including phenoxy) is 1. The molecule has 21 heavy (non-hydrogen) atoms. The number of aromatic nitrogens is 1. The van der Waals surface area contributed by atoms with Gasteiger partial charge in [0.25, 0.3) is 0 Å². The lowest BCUT2D eigenvalue weighted by molar-refractivity contribution is 0.481. The number of anilines is 1. The van der Waals surface area contributed by atoms with Crippen molar-refractivity contribution >= 4 is 17.4 Å². The lowest BCUT2D eigenvalue weighted by Gasteiger charge is -2.09. The topological polar surface area (TPSA) is 48.1 Å². The molecule has 0 saturated heterocycles.